The van der Waals surface area contributed by atoms with Crippen molar-refractivity contribution in [3.05, 3.63) is 17.7 Å². The van der Waals surface area contributed by atoms with Gasteiger partial charge in [-0.25, -0.2) is 0 Å². The fraction of sp³-hybridized carbons (Fsp3) is 0.500. The fourth-order valence-electron chi connectivity index (χ4n) is 2.15. The van der Waals surface area contributed by atoms with E-state index in [0.29, 0.717) is 29.3 Å². The second-order valence-electron chi connectivity index (χ2n) is 5.11. The molecule has 1 rings (SSSR count). The van der Waals surface area contributed by atoms with Crippen molar-refractivity contribution in [1.29, 1.82) is 0 Å². The number of carbonyl (C=O) groups is 2. The van der Waals surface area contributed by atoms with Crippen molar-refractivity contribution in [1.82, 2.24) is 10.6 Å². The Balaban J connectivity index is 0.00000529. The molecule has 0 bridgehead atoms. The lowest BCUT2D eigenvalue weighted by atomic mass is 10.1. The Morgan fingerprint density at radius 1 is 1.21 bits per heavy atom. The molecule has 1 aromatic carbocycles. The van der Waals surface area contributed by atoms with Crippen molar-refractivity contribution in [3.8, 4) is 11.5 Å². The predicted octanol–water partition coefficient (Wildman–Crippen LogP) is 1.81. The number of nitrogens with one attached hydrogen (secondary N) is 3. The van der Waals surface area contributed by atoms with Crippen LogP contribution >= 0.6 is 12.4 Å². The van der Waals surface area contributed by atoms with Crippen LogP contribution in [0.5, 0.6) is 11.5 Å². The summed E-state index contributed by atoms with van der Waals surface area (Å²) in [5, 5.41) is 8.70. The van der Waals surface area contributed by atoms with E-state index in [1.165, 1.54) is 21.1 Å². The van der Waals surface area contributed by atoms with Crippen molar-refractivity contribution in [2.45, 2.75) is 26.8 Å². The number of benzene rings is 1. The number of anilines is 1. The van der Waals surface area contributed by atoms with E-state index < -0.39 is 0 Å². The first-order valence-corrected chi connectivity index (χ1v) is 7.48. The number of amides is 2. The van der Waals surface area contributed by atoms with Gasteiger partial charge in [0.1, 0.15) is 0 Å². The number of hydrogen-bond acceptors (Lipinski definition) is 5. The van der Waals surface area contributed by atoms with Crippen LogP contribution in [0.2, 0.25) is 0 Å². The second-order valence-corrected chi connectivity index (χ2v) is 5.11. The van der Waals surface area contributed by atoms with E-state index in [2.05, 4.69) is 16.0 Å². The van der Waals surface area contributed by atoms with Crippen LogP contribution in [-0.4, -0.2) is 45.2 Å². The molecule has 3 N–H and O–H groups in total. The molecule has 0 saturated heterocycles. The standard InChI is InChI=1S/C16H25N3O4.ClH/c1-6-17-10(2)9-18-16(21)12-7-13(19-11(3)20)15(23-5)14(8-12)22-4;/h7-8,10,17H,6,9H2,1-5H3,(H,18,21)(H,19,20);1H/t10-;/m1./s1. The third-order valence-electron chi connectivity index (χ3n) is 3.17. The molecule has 0 heterocycles. The van der Waals surface area contributed by atoms with Crippen LogP contribution in [0.15, 0.2) is 12.1 Å². The highest BCUT2D eigenvalue weighted by atomic mass is 35.5. The van der Waals surface area contributed by atoms with Crippen LogP contribution < -0.4 is 25.4 Å². The zero-order valence-electron chi connectivity index (χ0n) is 14.7. The second kappa shape index (κ2) is 10.7. The first-order chi connectivity index (χ1) is 10.9. The summed E-state index contributed by atoms with van der Waals surface area (Å²) in [6.07, 6.45) is 0. The predicted molar refractivity (Wildman–Crippen MR) is 96.6 cm³/mol. The number of ether oxygens (including phenoxy) is 2. The maximum absolute atomic E-state index is 12.3. The van der Waals surface area contributed by atoms with E-state index in [-0.39, 0.29) is 30.3 Å². The molecule has 136 valence electrons. The van der Waals surface area contributed by atoms with E-state index in [0.717, 1.165) is 6.54 Å². The van der Waals surface area contributed by atoms with E-state index in [9.17, 15) is 9.59 Å². The molecule has 0 aliphatic carbocycles. The van der Waals surface area contributed by atoms with E-state index in [1.54, 1.807) is 12.1 Å². The lowest BCUT2D eigenvalue weighted by Gasteiger charge is -2.16. The van der Waals surface area contributed by atoms with Gasteiger partial charge in [0.25, 0.3) is 5.91 Å². The summed E-state index contributed by atoms with van der Waals surface area (Å²) in [6.45, 7) is 6.71. The van der Waals surface area contributed by atoms with Crippen molar-refractivity contribution < 1.29 is 19.1 Å². The zero-order chi connectivity index (χ0) is 17.4. The highest BCUT2D eigenvalue weighted by molar-refractivity contribution is 5.99. The third-order valence-corrected chi connectivity index (χ3v) is 3.17. The Labute approximate surface area is 148 Å². The lowest BCUT2D eigenvalue weighted by Crippen LogP contribution is -2.38. The first kappa shape index (κ1) is 22.0. The van der Waals surface area contributed by atoms with Crippen molar-refractivity contribution >= 4 is 29.9 Å². The monoisotopic (exact) mass is 359 g/mol. The minimum absolute atomic E-state index is 0. The zero-order valence-corrected chi connectivity index (χ0v) is 15.5. The molecule has 0 aromatic heterocycles. The molecule has 0 saturated carbocycles. The number of hydrogen-bond donors (Lipinski definition) is 3. The molecule has 7 nitrogen and oxygen atoms in total. The first-order valence-electron chi connectivity index (χ1n) is 7.48. The molecule has 0 aliphatic heterocycles. The van der Waals surface area contributed by atoms with Crippen LogP contribution in [0.3, 0.4) is 0 Å². The van der Waals surface area contributed by atoms with Crippen LogP contribution in [0.25, 0.3) is 0 Å². The number of rotatable bonds is 8. The number of likely N-dealkylation sites (N-methyl/N-ethyl adjacent to an activating group) is 1. The number of carbonyl (C=O) groups excluding carboxylic acids is 2. The Bertz CT molecular complexity index is 566. The Morgan fingerprint density at radius 3 is 2.38 bits per heavy atom. The molecule has 0 fully saturated rings. The third kappa shape index (κ3) is 6.25. The van der Waals surface area contributed by atoms with Crippen molar-refractivity contribution in [2.75, 3.05) is 32.6 Å². The highest BCUT2D eigenvalue weighted by Gasteiger charge is 2.17. The molecule has 0 spiro atoms. The normalized spacial score (nSPS) is 11.0. The number of halogens is 1. The van der Waals surface area contributed by atoms with Crippen LogP contribution in [-0.2, 0) is 4.79 Å². The molecule has 0 aliphatic rings. The average Bonchev–Trinajstić information content (AvgIpc) is 2.51. The van der Waals surface area contributed by atoms with E-state index in [4.69, 9.17) is 9.47 Å². The number of methoxy groups -OCH3 is 2. The van der Waals surface area contributed by atoms with E-state index in [1.807, 2.05) is 13.8 Å². The van der Waals surface area contributed by atoms with Gasteiger partial charge >= 0.3 is 0 Å². The Kier molecular flexibility index (Phi) is 9.83. The summed E-state index contributed by atoms with van der Waals surface area (Å²) in [5.74, 6) is 0.245. The summed E-state index contributed by atoms with van der Waals surface area (Å²) in [5.41, 5.74) is 0.777. The molecule has 24 heavy (non-hydrogen) atoms. The van der Waals surface area contributed by atoms with Gasteiger partial charge in [-0.15, -0.1) is 12.4 Å². The van der Waals surface area contributed by atoms with Crippen LogP contribution in [0.4, 0.5) is 5.69 Å². The maximum Gasteiger partial charge on any atom is 0.251 e. The van der Waals surface area contributed by atoms with Gasteiger partial charge in [0.15, 0.2) is 11.5 Å². The summed E-state index contributed by atoms with van der Waals surface area (Å²) in [4.78, 5) is 23.6. The molecule has 0 radical (unpaired) electrons. The van der Waals surface area contributed by atoms with E-state index >= 15 is 0 Å². The molecular formula is C16H26ClN3O4. The Hall–Kier alpha value is -1.99. The minimum atomic E-state index is -0.260. The molecule has 2 amide bonds. The summed E-state index contributed by atoms with van der Waals surface area (Å²) >= 11 is 0. The molecule has 0 unspecified atom stereocenters. The Morgan fingerprint density at radius 2 is 1.88 bits per heavy atom. The van der Waals surface area contributed by atoms with Gasteiger partial charge in [0, 0.05) is 25.1 Å². The van der Waals surface area contributed by atoms with Gasteiger partial charge in [-0.1, -0.05) is 6.92 Å². The summed E-state index contributed by atoms with van der Waals surface area (Å²) in [6, 6.07) is 3.31. The SMILES string of the molecule is CCN[C@H](C)CNC(=O)c1cc(NC(C)=O)c(OC)c(OC)c1.Cl. The topological polar surface area (TPSA) is 88.7 Å². The molecule has 8 heteroatoms. The van der Waals surface area contributed by atoms with Crippen molar-refractivity contribution in [2.24, 2.45) is 0 Å². The highest BCUT2D eigenvalue weighted by Crippen LogP contribution is 2.36. The van der Waals surface area contributed by atoms with Gasteiger partial charge in [-0.05, 0) is 25.6 Å². The van der Waals surface area contributed by atoms with Gasteiger partial charge in [-0.2, -0.15) is 0 Å². The molecular weight excluding hydrogens is 334 g/mol. The van der Waals surface area contributed by atoms with Crippen LogP contribution in [0, 0.1) is 0 Å². The van der Waals surface area contributed by atoms with Gasteiger partial charge in [0.2, 0.25) is 5.91 Å². The summed E-state index contributed by atoms with van der Waals surface area (Å²) < 4.78 is 10.5. The summed E-state index contributed by atoms with van der Waals surface area (Å²) in [7, 11) is 2.95. The smallest absolute Gasteiger partial charge is 0.251 e. The average molecular weight is 360 g/mol. The largest absolute Gasteiger partial charge is 0.493 e. The maximum atomic E-state index is 12.3. The van der Waals surface area contributed by atoms with Gasteiger partial charge in [-0.3, -0.25) is 9.59 Å². The van der Waals surface area contributed by atoms with Crippen molar-refractivity contribution in [3.63, 3.8) is 0 Å². The molecule has 1 atom stereocenters. The minimum Gasteiger partial charge on any atom is -0.493 e. The van der Waals surface area contributed by atoms with Crippen LogP contribution in [0.1, 0.15) is 31.1 Å². The van der Waals surface area contributed by atoms with Gasteiger partial charge in [0.05, 0.1) is 19.9 Å². The van der Waals surface area contributed by atoms with Gasteiger partial charge < -0.3 is 25.4 Å². The molecule has 1 aromatic rings. The fourth-order valence-corrected chi connectivity index (χ4v) is 2.15. The lowest BCUT2D eigenvalue weighted by molar-refractivity contribution is -0.114. The quantitative estimate of drug-likeness (QED) is 0.658.